The summed E-state index contributed by atoms with van der Waals surface area (Å²) in [5.74, 6) is -1.72. The van der Waals surface area contributed by atoms with Gasteiger partial charge >= 0.3 is 12.0 Å². The molecule has 1 aromatic carbocycles. The number of rotatable bonds is 6. The lowest BCUT2D eigenvalue weighted by Gasteiger charge is -2.15. The Morgan fingerprint density at radius 3 is 2.57 bits per heavy atom. The minimum absolute atomic E-state index is 0.0720. The Hall–Kier alpha value is -3.20. The molecule has 2 aromatic rings. The summed E-state index contributed by atoms with van der Waals surface area (Å²) in [6.07, 6.45) is 2.74. The fourth-order valence-electron chi connectivity index (χ4n) is 3.11. The van der Waals surface area contributed by atoms with Gasteiger partial charge in [-0.15, -0.1) is 11.3 Å². The van der Waals surface area contributed by atoms with Crippen LogP contribution in [0.4, 0.5) is 10.5 Å². The number of nitrogens with one attached hydrogen (secondary N) is 3. The zero-order valence-electron chi connectivity index (χ0n) is 16.5. The Kier molecular flexibility index (Phi) is 7.18. The fourth-order valence-corrected chi connectivity index (χ4v) is 3.73. The summed E-state index contributed by atoms with van der Waals surface area (Å²) < 4.78 is 5.16. The highest BCUT2D eigenvalue weighted by molar-refractivity contribution is 7.12. The third-order valence-corrected chi connectivity index (χ3v) is 5.55. The highest BCUT2D eigenvalue weighted by Gasteiger charge is 2.23. The molecule has 3 rings (SSSR count). The van der Waals surface area contributed by atoms with Gasteiger partial charge in [0.1, 0.15) is 0 Å². The van der Waals surface area contributed by atoms with E-state index in [-0.39, 0.29) is 17.5 Å². The number of anilines is 1. The van der Waals surface area contributed by atoms with Crippen LogP contribution in [0.1, 0.15) is 52.6 Å². The maximum absolute atomic E-state index is 12.4. The Balaban J connectivity index is 1.52. The van der Waals surface area contributed by atoms with Gasteiger partial charge in [-0.05, 0) is 49.4 Å². The van der Waals surface area contributed by atoms with Gasteiger partial charge in [0.05, 0.1) is 10.4 Å². The first kappa shape index (κ1) is 21.5. The van der Waals surface area contributed by atoms with Crippen molar-refractivity contribution in [2.45, 2.75) is 44.8 Å². The summed E-state index contributed by atoms with van der Waals surface area (Å²) in [7, 11) is 0. The van der Waals surface area contributed by atoms with Crippen LogP contribution in [0.2, 0.25) is 0 Å². The number of urea groups is 1. The Morgan fingerprint density at radius 1 is 1.10 bits per heavy atom. The van der Waals surface area contributed by atoms with Crippen LogP contribution in [0.3, 0.4) is 0 Å². The summed E-state index contributed by atoms with van der Waals surface area (Å²) in [5, 5.41) is 9.43. The molecular weight excluding hydrogens is 406 g/mol. The number of carbonyl (C=O) groups is 4. The van der Waals surface area contributed by atoms with Crippen molar-refractivity contribution in [3.05, 3.63) is 52.2 Å². The minimum Gasteiger partial charge on any atom is -0.449 e. The second-order valence-corrected chi connectivity index (χ2v) is 7.95. The summed E-state index contributed by atoms with van der Waals surface area (Å²) in [6, 6.07) is 9.17. The van der Waals surface area contributed by atoms with Gasteiger partial charge in [-0.1, -0.05) is 25.0 Å². The summed E-state index contributed by atoms with van der Waals surface area (Å²) in [5.41, 5.74) is 0.602. The molecule has 0 radical (unpaired) electrons. The van der Waals surface area contributed by atoms with Gasteiger partial charge in [0.2, 0.25) is 0 Å². The lowest BCUT2D eigenvalue weighted by Crippen LogP contribution is -2.47. The van der Waals surface area contributed by atoms with Gasteiger partial charge in [-0.2, -0.15) is 0 Å². The fraction of sp³-hybridized carbons (Fsp3) is 0.333. The van der Waals surface area contributed by atoms with E-state index < -0.39 is 24.0 Å². The Bertz CT molecular complexity index is 922. The van der Waals surface area contributed by atoms with Gasteiger partial charge in [0.25, 0.3) is 11.8 Å². The van der Waals surface area contributed by atoms with Crippen molar-refractivity contribution in [2.75, 3.05) is 5.32 Å². The average Bonchev–Trinajstić information content (AvgIpc) is 3.42. The summed E-state index contributed by atoms with van der Waals surface area (Å²) >= 11 is 1.31. The van der Waals surface area contributed by atoms with Crippen LogP contribution < -0.4 is 16.0 Å². The van der Waals surface area contributed by atoms with Crippen LogP contribution in [0.15, 0.2) is 41.8 Å². The molecule has 1 heterocycles. The molecular formula is C21H23N3O5S. The molecule has 1 unspecified atom stereocenters. The maximum Gasteiger partial charge on any atom is 0.338 e. The summed E-state index contributed by atoms with van der Waals surface area (Å²) in [6.45, 7) is 1.39. The van der Waals surface area contributed by atoms with Crippen molar-refractivity contribution in [1.29, 1.82) is 0 Å². The molecule has 0 aliphatic heterocycles. The second kappa shape index (κ2) is 10.0. The number of hydrogen-bond acceptors (Lipinski definition) is 6. The maximum atomic E-state index is 12.4. The number of esters is 1. The quantitative estimate of drug-likeness (QED) is 0.610. The molecule has 158 valence electrons. The first-order valence-electron chi connectivity index (χ1n) is 9.69. The molecule has 1 atom stereocenters. The smallest absolute Gasteiger partial charge is 0.338 e. The van der Waals surface area contributed by atoms with E-state index in [1.54, 1.807) is 29.6 Å². The number of hydrogen-bond donors (Lipinski definition) is 3. The standard InChI is InChI=1S/C21H23N3O5S/c1-13(18(25)24-21(28)23-15-7-2-3-8-15)29-20(27)14-6-4-9-16(12-14)22-19(26)17-10-5-11-30-17/h4-6,9-13,15H,2-3,7-8H2,1H3,(H,22,26)(H2,23,24,25,28). The highest BCUT2D eigenvalue weighted by atomic mass is 32.1. The number of imide groups is 1. The van der Waals surface area contributed by atoms with E-state index in [0.29, 0.717) is 10.6 Å². The summed E-state index contributed by atoms with van der Waals surface area (Å²) in [4.78, 5) is 49.1. The lowest BCUT2D eigenvalue weighted by molar-refractivity contribution is -0.127. The monoisotopic (exact) mass is 429 g/mol. The van der Waals surface area contributed by atoms with E-state index in [4.69, 9.17) is 4.74 Å². The van der Waals surface area contributed by atoms with Crippen LogP contribution in [-0.2, 0) is 9.53 Å². The lowest BCUT2D eigenvalue weighted by atomic mass is 10.2. The number of amides is 4. The SMILES string of the molecule is CC(OC(=O)c1cccc(NC(=O)c2cccs2)c1)C(=O)NC(=O)NC1CCCC1. The third-order valence-electron chi connectivity index (χ3n) is 4.68. The molecule has 0 bridgehead atoms. The van der Waals surface area contributed by atoms with Crippen LogP contribution in [0.5, 0.6) is 0 Å². The molecule has 1 aromatic heterocycles. The molecule has 9 heteroatoms. The van der Waals surface area contributed by atoms with Crippen LogP contribution in [0, 0.1) is 0 Å². The second-order valence-electron chi connectivity index (χ2n) is 7.00. The first-order chi connectivity index (χ1) is 14.4. The number of benzene rings is 1. The molecule has 1 aliphatic carbocycles. The zero-order valence-corrected chi connectivity index (χ0v) is 17.3. The molecule has 30 heavy (non-hydrogen) atoms. The topological polar surface area (TPSA) is 114 Å². The normalized spacial score (nSPS) is 14.6. The van der Waals surface area contributed by atoms with Gasteiger partial charge in [-0.25, -0.2) is 9.59 Å². The van der Waals surface area contributed by atoms with E-state index >= 15 is 0 Å². The van der Waals surface area contributed by atoms with Crippen molar-refractivity contribution in [1.82, 2.24) is 10.6 Å². The van der Waals surface area contributed by atoms with Crippen LogP contribution in [0.25, 0.3) is 0 Å². The van der Waals surface area contributed by atoms with Crippen molar-refractivity contribution < 1.29 is 23.9 Å². The molecule has 0 spiro atoms. The van der Waals surface area contributed by atoms with Gasteiger partial charge in [-0.3, -0.25) is 14.9 Å². The number of ether oxygens (including phenoxy) is 1. The largest absolute Gasteiger partial charge is 0.449 e. The predicted octanol–water partition coefficient (Wildman–Crippen LogP) is 3.31. The van der Waals surface area contributed by atoms with Crippen molar-refractivity contribution in [2.24, 2.45) is 0 Å². The van der Waals surface area contributed by atoms with Gasteiger partial charge < -0.3 is 15.4 Å². The van der Waals surface area contributed by atoms with Gasteiger partial charge in [0, 0.05) is 11.7 Å². The highest BCUT2D eigenvalue weighted by Crippen LogP contribution is 2.18. The van der Waals surface area contributed by atoms with Crippen molar-refractivity contribution in [3.8, 4) is 0 Å². The van der Waals surface area contributed by atoms with Crippen molar-refractivity contribution in [3.63, 3.8) is 0 Å². The van der Waals surface area contributed by atoms with Crippen molar-refractivity contribution >= 4 is 40.8 Å². The zero-order chi connectivity index (χ0) is 21.5. The Labute approximate surface area is 178 Å². The number of thiophene rings is 1. The average molecular weight is 429 g/mol. The van der Waals surface area contributed by atoms with Crippen LogP contribution >= 0.6 is 11.3 Å². The third kappa shape index (κ3) is 5.90. The van der Waals surface area contributed by atoms with E-state index in [1.807, 2.05) is 0 Å². The first-order valence-corrected chi connectivity index (χ1v) is 10.6. The Morgan fingerprint density at radius 2 is 1.87 bits per heavy atom. The molecule has 4 amide bonds. The number of carbonyl (C=O) groups excluding carboxylic acids is 4. The molecule has 1 fully saturated rings. The molecule has 1 saturated carbocycles. The van der Waals surface area contributed by atoms with E-state index in [9.17, 15) is 19.2 Å². The van der Waals surface area contributed by atoms with Gasteiger partial charge in [0.15, 0.2) is 6.10 Å². The van der Waals surface area contributed by atoms with E-state index in [1.165, 1.54) is 30.4 Å². The van der Waals surface area contributed by atoms with Crippen LogP contribution in [-0.4, -0.2) is 36.0 Å². The molecule has 1 aliphatic rings. The van der Waals surface area contributed by atoms with E-state index in [2.05, 4.69) is 16.0 Å². The molecule has 0 saturated heterocycles. The molecule has 8 nitrogen and oxygen atoms in total. The van der Waals surface area contributed by atoms with E-state index in [0.717, 1.165) is 25.7 Å². The molecule has 3 N–H and O–H groups in total. The minimum atomic E-state index is -1.16. The predicted molar refractivity (Wildman–Crippen MR) is 113 cm³/mol.